The van der Waals surface area contributed by atoms with Gasteiger partial charge in [-0.15, -0.1) is 0 Å². The first-order chi connectivity index (χ1) is 10.1. The van der Waals surface area contributed by atoms with Gasteiger partial charge in [0.1, 0.15) is 5.75 Å². The van der Waals surface area contributed by atoms with E-state index in [1.165, 1.54) is 0 Å². The van der Waals surface area contributed by atoms with Gasteiger partial charge in [-0.25, -0.2) is 0 Å². The standard InChI is InChI=1S/C16H19N3O2/c1-3-21-15-8-13(7-14(17)9-15)16(20)19(2)11-12-5-4-6-18-10-12/h4-10H,3,11,17H2,1-2H3. The highest BCUT2D eigenvalue weighted by atomic mass is 16.5. The van der Waals surface area contributed by atoms with E-state index in [4.69, 9.17) is 10.5 Å². The zero-order valence-electron chi connectivity index (χ0n) is 12.2. The number of ether oxygens (including phenoxy) is 1. The minimum Gasteiger partial charge on any atom is -0.494 e. The van der Waals surface area contributed by atoms with E-state index in [9.17, 15) is 4.79 Å². The number of amides is 1. The molecule has 0 atom stereocenters. The van der Waals surface area contributed by atoms with Gasteiger partial charge in [0.15, 0.2) is 0 Å². The van der Waals surface area contributed by atoms with Crippen LogP contribution in [0.1, 0.15) is 22.8 Å². The fourth-order valence-corrected chi connectivity index (χ4v) is 2.05. The maximum absolute atomic E-state index is 12.5. The number of hydrogen-bond acceptors (Lipinski definition) is 4. The number of anilines is 1. The fraction of sp³-hybridized carbons (Fsp3) is 0.250. The molecule has 5 heteroatoms. The van der Waals surface area contributed by atoms with Crippen molar-refractivity contribution in [1.82, 2.24) is 9.88 Å². The lowest BCUT2D eigenvalue weighted by molar-refractivity contribution is 0.0784. The van der Waals surface area contributed by atoms with Crippen LogP contribution in [0.5, 0.6) is 5.75 Å². The molecule has 1 aromatic heterocycles. The van der Waals surface area contributed by atoms with E-state index in [0.717, 1.165) is 5.56 Å². The monoisotopic (exact) mass is 285 g/mol. The van der Waals surface area contributed by atoms with Crippen LogP contribution in [-0.2, 0) is 6.54 Å². The van der Waals surface area contributed by atoms with E-state index < -0.39 is 0 Å². The molecule has 21 heavy (non-hydrogen) atoms. The summed E-state index contributed by atoms with van der Waals surface area (Å²) in [6.07, 6.45) is 3.45. The summed E-state index contributed by atoms with van der Waals surface area (Å²) in [6.45, 7) is 2.91. The minimum atomic E-state index is -0.105. The second-order valence-electron chi connectivity index (χ2n) is 4.75. The predicted molar refractivity (Wildman–Crippen MR) is 82.1 cm³/mol. The van der Waals surface area contributed by atoms with Gasteiger partial charge < -0.3 is 15.4 Å². The topological polar surface area (TPSA) is 68.5 Å². The number of rotatable bonds is 5. The van der Waals surface area contributed by atoms with Crippen molar-refractivity contribution >= 4 is 11.6 Å². The van der Waals surface area contributed by atoms with Gasteiger partial charge in [0.2, 0.25) is 0 Å². The van der Waals surface area contributed by atoms with Crippen molar-refractivity contribution in [2.24, 2.45) is 0 Å². The molecule has 1 amide bonds. The Morgan fingerprint density at radius 1 is 1.38 bits per heavy atom. The first-order valence-corrected chi connectivity index (χ1v) is 6.78. The Kier molecular flexibility index (Phi) is 4.77. The third-order valence-electron chi connectivity index (χ3n) is 2.98. The van der Waals surface area contributed by atoms with E-state index in [2.05, 4.69) is 4.98 Å². The minimum absolute atomic E-state index is 0.105. The molecule has 0 aliphatic heterocycles. The molecule has 0 bridgehead atoms. The van der Waals surface area contributed by atoms with Crippen LogP contribution in [0.2, 0.25) is 0 Å². The van der Waals surface area contributed by atoms with Crippen LogP contribution in [0.4, 0.5) is 5.69 Å². The highest BCUT2D eigenvalue weighted by molar-refractivity contribution is 5.95. The van der Waals surface area contributed by atoms with Crippen molar-refractivity contribution < 1.29 is 9.53 Å². The molecular weight excluding hydrogens is 266 g/mol. The molecule has 0 radical (unpaired) electrons. The summed E-state index contributed by atoms with van der Waals surface area (Å²) >= 11 is 0. The summed E-state index contributed by atoms with van der Waals surface area (Å²) in [5, 5.41) is 0. The van der Waals surface area contributed by atoms with E-state index in [1.54, 1.807) is 42.5 Å². The van der Waals surface area contributed by atoms with Crippen molar-refractivity contribution in [2.45, 2.75) is 13.5 Å². The van der Waals surface area contributed by atoms with Crippen LogP contribution in [0.15, 0.2) is 42.7 Å². The summed E-state index contributed by atoms with van der Waals surface area (Å²) in [7, 11) is 1.75. The third-order valence-corrected chi connectivity index (χ3v) is 2.98. The van der Waals surface area contributed by atoms with Crippen LogP contribution in [0, 0.1) is 0 Å². The van der Waals surface area contributed by atoms with Crippen molar-refractivity contribution in [3.05, 3.63) is 53.9 Å². The van der Waals surface area contributed by atoms with Gasteiger partial charge >= 0.3 is 0 Å². The molecule has 2 rings (SSSR count). The smallest absolute Gasteiger partial charge is 0.254 e. The molecule has 5 nitrogen and oxygen atoms in total. The Morgan fingerprint density at radius 2 is 2.19 bits per heavy atom. The summed E-state index contributed by atoms with van der Waals surface area (Å²) in [4.78, 5) is 18.1. The van der Waals surface area contributed by atoms with Gasteiger partial charge in [0.25, 0.3) is 5.91 Å². The number of nitrogens with two attached hydrogens (primary N) is 1. The summed E-state index contributed by atoms with van der Waals surface area (Å²) in [5.74, 6) is 0.503. The highest BCUT2D eigenvalue weighted by Crippen LogP contribution is 2.20. The highest BCUT2D eigenvalue weighted by Gasteiger charge is 2.14. The summed E-state index contributed by atoms with van der Waals surface area (Å²) < 4.78 is 5.41. The number of nitrogens with zero attached hydrogens (tertiary/aromatic N) is 2. The lowest BCUT2D eigenvalue weighted by Crippen LogP contribution is -2.26. The number of benzene rings is 1. The molecule has 2 N–H and O–H groups in total. The Balaban J connectivity index is 2.15. The van der Waals surface area contributed by atoms with Crippen molar-refractivity contribution in [1.29, 1.82) is 0 Å². The van der Waals surface area contributed by atoms with Crippen LogP contribution in [-0.4, -0.2) is 29.4 Å². The molecule has 0 unspecified atom stereocenters. The molecule has 0 fully saturated rings. The van der Waals surface area contributed by atoms with Gasteiger partial charge in [0, 0.05) is 43.3 Å². The maximum Gasteiger partial charge on any atom is 0.254 e. The average Bonchev–Trinajstić information content (AvgIpc) is 2.47. The van der Waals surface area contributed by atoms with Crippen LogP contribution < -0.4 is 10.5 Å². The largest absolute Gasteiger partial charge is 0.494 e. The molecule has 0 saturated heterocycles. The first kappa shape index (κ1) is 14.8. The predicted octanol–water partition coefficient (Wildman–Crippen LogP) is 2.33. The number of hydrogen-bond donors (Lipinski definition) is 1. The van der Waals surface area contributed by atoms with Crippen molar-refractivity contribution in [2.75, 3.05) is 19.4 Å². The van der Waals surface area contributed by atoms with Crippen LogP contribution in [0.25, 0.3) is 0 Å². The second kappa shape index (κ2) is 6.74. The molecular formula is C16H19N3O2. The second-order valence-corrected chi connectivity index (χ2v) is 4.75. The molecule has 110 valence electrons. The molecule has 1 aromatic carbocycles. The molecule has 1 heterocycles. The van der Waals surface area contributed by atoms with Gasteiger partial charge in [0.05, 0.1) is 6.61 Å². The molecule has 2 aromatic rings. The Labute approximate surface area is 124 Å². The van der Waals surface area contributed by atoms with E-state index >= 15 is 0 Å². The van der Waals surface area contributed by atoms with Crippen molar-refractivity contribution in [3.8, 4) is 5.75 Å². The molecule has 0 saturated carbocycles. The summed E-state index contributed by atoms with van der Waals surface area (Å²) in [5.41, 5.74) is 7.83. The number of nitrogen functional groups attached to an aromatic ring is 1. The van der Waals surface area contributed by atoms with Crippen LogP contribution >= 0.6 is 0 Å². The van der Waals surface area contributed by atoms with Gasteiger partial charge in [-0.2, -0.15) is 0 Å². The van der Waals surface area contributed by atoms with E-state index in [1.807, 2.05) is 19.1 Å². The Bertz CT molecular complexity index is 614. The first-order valence-electron chi connectivity index (χ1n) is 6.78. The van der Waals surface area contributed by atoms with E-state index in [-0.39, 0.29) is 5.91 Å². The average molecular weight is 285 g/mol. The van der Waals surface area contributed by atoms with Crippen LogP contribution in [0.3, 0.4) is 0 Å². The van der Waals surface area contributed by atoms with Gasteiger partial charge in [-0.1, -0.05) is 6.07 Å². The lowest BCUT2D eigenvalue weighted by atomic mass is 10.1. The normalized spacial score (nSPS) is 10.2. The number of carbonyl (C=O) groups excluding carboxylic acids is 1. The SMILES string of the molecule is CCOc1cc(N)cc(C(=O)N(C)Cc2cccnc2)c1. The molecule has 0 aliphatic carbocycles. The van der Waals surface area contributed by atoms with Gasteiger partial charge in [-0.05, 0) is 30.7 Å². The quantitative estimate of drug-likeness (QED) is 0.856. The zero-order chi connectivity index (χ0) is 15.2. The number of aromatic nitrogens is 1. The lowest BCUT2D eigenvalue weighted by Gasteiger charge is -2.18. The number of pyridine rings is 1. The Morgan fingerprint density at radius 3 is 2.86 bits per heavy atom. The molecule has 0 spiro atoms. The fourth-order valence-electron chi connectivity index (χ4n) is 2.05. The Hall–Kier alpha value is -2.56. The summed E-state index contributed by atoms with van der Waals surface area (Å²) in [6, 6.07) is 8.86. The zero-order valence-corrected chi connectivity index (χ0v) is 12.2. The van der Waals surface area contributed by atoms with Crippen molar-refractivity contribution in [3.63, 3.8) is 0 Å². The number of carbonyl (C=O) groups is 1. The third kappa shape index (κ3) is 3.95. The molecule has 0 aliphatic rings. The van der Waals surface area contributed by atoms with Gasteiger partial charge in [-0.3, -0.25) is 9.78 Å². The maximum atomic E-state index is 12.5. The van der Waals surface area contributed by atoms with E-state index in [0.29, 0.717) is 30.2 Å².